The lowest BCUT2D eigenvalue weighted by molar-refractivity contribution is 0.0972. The molecule has 13 nitrogen and oxygen atoms in total. The lowest BCUT2D eigenvalue weighted by Crippen LogP contribution is -2.38. The lowest BCUT2D eigenvalue weighted by Gasteiger charge is -2.08. The molecule has 0 aliphatic rings. The van der Waals surface area contributed by atoms with Crippen molar-refractivity contribution in [3.05, 3.63) is 57.0 Å². The minimum absolute atomic E-state index is 0.0653. The monoisotopic (exact) mass is 518 g/mol. The molecule has 0 saturated carbocycles. The number of nitrogen functional groups attached to an aromatic ring is 2. The second kappa shape index (κ2) is 12.4. The number of ether oxygens (including phenoxy) is 1. The summed E-state index contributed by atoms with van der Waals surface area (Å²) in [5.74, 6) is -0.961. The number of aromatic nitrogens is 3. The molecule has 1 aromatic carbocycles. The molecule has 36 heavy (non-hydrogen) atoms. The first kappa shape index (κ1) is 26.3. The van der Waals surface area contributed by atoms with E-state index < -0.39 is 11.7 Å². The molecule has 2 heterocycles. The molecule has 0 saturated heterocycles. The summed E-state index contributed by atoms with van der Waals surface area (Å²) < 4.78 is 10.5. The standard InChI is InChI=1S/C22H27ClN8O5/c23-16-18(25)29-17(24)15(28-16)20(33)30-21(26)27-10-2-1-4-12-6-8-13(9-7-12)35-11-3-5-14-19(32)31-22(34)36-14/h6-9,32H,1-5,10-11H2,(H,31,34)(H4,24,25,29)(H3,26,27,30,33). The number of anilines is 2. The Bertz CT molecular complexity index is 1270. The van der Waals surface area contributed by atoms with Crippen LogP contribution in [0, 0.1) is 0 Å². The number of aliphatic imine (C=N–C) groups is 1. The van der Waals surface area contributed by atoms with E-state index in [9.17, 15) is 14.7 Å². The number of nitrogens with one attached hydrogen (secondary N) is 2. The topological polar surface area (TPSA) is 221 Å². The lowest BCUT2D eigenvalue weighted by atomic mass is 10.1. The molecule has 1 amide bonds. The van der Waals surface area contributed by atoms with Crippen molar-refractivity contribution in [1.29, 1.82) is 0 Å². The molecular weight excluding hydrogens is 492 g/mol. The molecule has 0 atom stereocenters. The van der Waals surface area contributed by atoms with Crippen molar-refractivity contribution in [2.75, 3.05) is 24.6 Å². The van der Waals surface area contributed by atoms with Crippen molar-refractivity contribution in [2.45, 2.75) is 32.1 Å². The number of halogens is 1. The number of unbranched alkanes of at least 4 members (excludes halogenated alkanes) is 1. The zero-order valence-electron chi connectivity index (χ0n) is 19.3. The largest absolute Gasteiger partial charge is 0.494 e. The Kier molecular flexibility index (Phi) is 9.11. The van der Waals surface area contributed by atoms with E-state index in [-0.39, 0.29) is 40.1 Å². The third kappa shape index (κ3) is 7.63. The highest BCUT2D eigenvalue weighted by Crippen LogP contribution is 2.18. The average molecular weight is 519 g/mol. The first-order valence-electron chi connectivity index (χ1n) is 11.1. The SMILES string of the molecule is NC(=NCCCCc1ccc(OCCCc2oc(=O)[nH]c2O)cc1)NC(=O)c1nc(Cl)c(N)nc1N. The first-order chi connectivity index (χ1) is 17.2. The summed E-state index contributed by atoms with van der Waals surface area (Å²) in [5, 5.41) is 11.7. The van der Waals surface area contributed by atoms with Crippen molar-refractivity contribution in [1.82, 2.24) is 20.3 Å². The highest BCUT2D eigenvalue weighted by Gasteiger charge is 2.16. The maximum absolute atomic E-state index is 12.2. The third-order valence-corrected chi connectivity index (χ3v) is 5.24. The Balaban J connectivity index is 1.33. The molecule has 0 bridgehead atoms. The zero-order valence-corrected chi connectivity index (χ0v) is 20.0. The second-order valence-electron chi connectivity index (χ2n) is 7.69. The number of aromatic hydroxyl groups is 1. The highest BCUT2D eigenvalue weighted by atomic mass is 35.5. The van der Waals surface area contributed by atoms with Crippen molar-refractivity contribution >= 4 is 35.1 Å². The number of hydrogen-bond acceptors (Lipinski definition) is 10. The fourth-order valence-electron chi connectivity index (χ4n) is 3.16. The van der Waals surface area contributed by atoms with E-state index in [2.05, 4.69) is 25.3 Å². The summed E-state index contributed by atoms with van der Waals surface area (Å²) in [7, 11) is 0. The minimum Gasteiger partial charge on any atom is -0.494 e. The number of nitrogens with zero attached hydrogens (tertiary/aromatic N) is 3. The summed E-state index contributed by atoms with van der Waals surface area (Å²) in [6.45, 7) is 0.835. The second-order valence-corrected chi connectivity index (χ2v) is 8.05. The highest BCUT2D eigenvalue weighted by molar-refractivity contribution is 6.31. The minimum atomic E-state index is -0.681. The maximum atomic E-state index is 12.2. The van der Waals surface area contributed by atoms with E-state index in [1.165, 1.54) is 0 Å². The van der Waals surface area contributed by atoms with Crippen LogP contribution in [-0.2, 0) is 12.8 Å². The van der Waals surface area contributed by atoms with Gasteiger partial charge in [-0.15, -0.1) is 0 Å². The van der Waals surface area contributed by atoms with Gasteiger partial charge in [0.05, 0.1) is 6.61 Å². The van der Waals surface area contributed by atoms with Gasteiger partial charge in [0.2, 0.25) is 5.88 Å². The Labute approximate surface area is 210 Å². The normalized spacial score (nSPS) is 11.4. The number of aromatic amines is 1. The number of nitrogens with two attached hydrogens (primary N) is 3. The molecule has 0 fully saturated rings. The van der Waals surface area contributed by atoms with Crippen LogP contribution < -0.4 is 33.0 Å². The Hall–Kier alpha value is -4.26. The van der Waals surface area contributed by atoms with Gasteiger partial charge in [-0.05, 0) is 43.4 Å². The van der Waals surface area contributed by atoms with Crippen LogP contribution in [0.1, 0.15) is 41.1 Å². The molecule has 3 rings (SSSR count). The van der Waals surface area contributed by atoms with Gasteiger partial charge in [0.25, 0.3) is 5.91 Å². The van der Waals surface area contributed by atoms with Gasteiger partial charge in [-0.25, -0.2) is 14.8 Å². The van der Waals surface area contributed by atoms with E-state index in [0.29, 0.717) is 26.0 Å². The predicted octanol–water partition coefficient (Wildman–Crippen LogP) is 1.36. The van der Waals surface area contributed by atoms with Crippen molar-refractivity contribution in [3.63, 3.8) is 0 Å². The number of guanidine groups is 1. The van der Waals surface area contributed by atoms with Crippen molar-refractivity contribution < 1.29 is 19.1 Å². The third-order valence-electron chi connectivity index (χ3n) is 4.96. The Morgan fingerprint density at radius 3 is 2.58 bits per heavy atom. The molecule has 192 valence electrons. The van der Waals surface area contributed by atoms with E-state index in [1.807, 2.05) is 24.3 Å². The van der Waals surface area contributed by atoms with Gasteiger partial charge >= 0.3 is 5.76 Å². The number of rotatable bonds is 11. The number of amides is 1. The summed E-state index contributed by atoms with van der Waals surface area (Å²) in [6.07, 6.45) is 3.42. The van der Waals surface area contributed by atoms with Gasteiger partial charge in [0, 0.05) is 13.0 Å². The molecule has 0 aliphatic carbocycles. The molecular formula is C22H27ClN8O5. The number of hydrogen-bond donors (Lipinski definition) is 6. The van der Waals surface area contributed by atoms with Crippen molar-refractivity contribution in [2.24, 2.45) is 10.7 Å². The molecule has 9 N–H and O–H groups in total. The van der Waals surface area contributed by atoms with Gasteiger partial charge in [0.15, 0.2) is 34.2 Å². The van der Waals surface area contributed by atoms with Crippen LogP contribution in [0.2, 0.25) is 5.15 Å². The molecule has 0 unspecified atom stereocenters. The van der Waals surface area contributed by atoms with E-state index in [1.54, 1.807) is 0 Å². The molecule has 0 aliphatic heterocycles. The number of benzene rings is 1. The fraction of sp³-hybridized carbons (Fsp3) is 0.318. The number of aryl methyl sites for hydroxylation is 2. The van der Waals surface area contributed by atoms with E-state index >= 15 is 0 Å². The van der Waals surface area contributed by atoms with E-state index in [0.717, 1.165) is 30.6 Å². The van der Waals surface area contributed by atoms with Crippen LogP contribution in [0.25, 0.3) is 0 Å². The van der Waals surface area contributed by atoms with Gasteiger partial charge < -0.3 is 31.5 Å². The average Bonchev–Trinajstić information content (AvgIpc) is 3.16. The Morgan fingerprint density at radius 2 is 1.89 bits per heavy atom. The smallest absolute Gasteiger partial charge is 0.419 e. The fourth-order valence-corrected chi connectivity index (χ4v) is 3.29. The summed E-state index contributed by atoms with van der Waals surface area (Å²) >= 11 is 5.78. The van der Waals surface area contributed by atoms with Crippen LogP contribution in [0.3, 0.4) is 0 Å². The van der Waals surface area contributed by atoms with Gasteiger partial charge in [0.1, 0.15) is 5.75 Å². The van der Waals surface area contributed by atoms with Gasteiger partial charge in [-0.1, -0.05) is 23.7 Å². The van der Waals surface area contributed by atoms with Crippen LogP contribution in [0.4, 0.5) is 11.6 Å². The molecule has 3 aromatic rings. The Morgan fingerprint density at radius 1 is 1.14 bits per heavy atom. The number of H-pyrrole nitrogens is 1. The first-order valence-corrected chi connectivity index (χ1v) is 11.4. The molecule has 0 radical (unpaired) electrons. The van der Waals surface area contributed by atoms with Crippen LogP contribution in [-0.4, -0.2) is 45.1 Å². The van der Waals surface area contributed by atoms with Crippen LogP contribution in [0.5, 0.6) is 11.6 Å². The maximum Gasteiger partial charge on any atom is 0.419 e. The van der Waals surface area contributed by atoms with Crippen LogP contribution >= 0.6 is 11.6 Å². The summed E-state index contributed by atoms with van der Waals surface area (Å²) in [4.78, 5) is 37.1. The molecule has 0 spiro atoms. The molecule has 2 aromatic heterocycles. The summed E-state index contributed by atoms with van der Waals surface area (Å²) in [6, 6.07) is 7.72. The van der Waals surface area contributed by atoms with E-state index in [4.69, 9.17) is 38.0 Å². The van der Waals surface area contributed by atoms with Crippen LogP contribution in [0.15, 0.2) is 38.5 Å². The number of carbonyl (C=O) groups is 1. The number of oxazole rings is 1. The predicted molar refractivity (Wildman–Crippen MR) is 134 cm³/mol. The number of carbonyl (C=O) groups excluding carboxylic acids is 1. The molecule has 14 heteroatoms. The van der Waals surface area contributed by atoms with Gasteiger partial charge in [-0.2, -0.15) is 0 Å². The quantitative estimate of drug-likeness (QED) is 0.121. The summed E-state index contributed by atoms with van der Waals surface area (Å²) in [5.41, 5.74) is 17.8. The van der Waals surface area contributed by atoms with Crippen molar-refractivity contribution in [3.8, 4) is 11.6 Å². The van der Waals surface area contributed by atoms with Gasteiger partial charge in [-0.3, -0.25) is 20.1 Å². The zero-order chi connectivity index (χ0) is 26.1.